The minimum absolute atomic E-state index is 0.136. The Labute approximate surface area is 178 Å². The zero-order chi connectivity index (χ0) is 20.9. The molecule has 1 fully saturated rings. The molecule has 0 bridgehead atoms. The fraction of sp³-hybridized carbons (Fsp3) is 0.391. The van der Waals surface area contributed by atoms with Crippen molar-refractivity contribution >= 4 is 33.4 Å². The van der Waals surface area contributed by atoms with E-state index in [1.54, 1.807) is 28.4 Å². The maximum Gasteiger partial charge on any atom is 0.271 e. The zero-order valence-corrected chi connectivity index (χ0v) is 17.7. The van der Waals surface area contributed by atoms with Gasteiger partial charge in [-0.15, -0.1) is 11.3 Å². The maximum atomic E-state index is 13.8. The highest BCUT2D eigenvalue weighted by Gasteiger charge is 2.48. The highest BCUT2D eigenvalue weighted by Crippen LogP contribution is 2.35. The van der Waals surface area contributed by atoms with Crippen LogP contribution in [0, 0.1) is 5.82 Å². The summed E-state index contributed by atoms with van der Waals surface area (Å²) >= 11 is 1.57. The van der Waals surface area contributed by atoms with E-state index >= 15 is 0 Å². The molecule has 2 aromatic heterocycles. The van der Waals surface area contributed by atoms with Crippen LogP contribution < -0.4 is 5.32 Å². The lowest BCUT2D eigenvalue weighted by Gasteiger charge is -2.44. The summed E-state index contributed by atoms with van der Waals surface area (Å²) < 4.78 is 15.8. The number of benzene rings is 1. The molecular formula is C23H24FN3O2S. The Morgan fingerprint density at radius 2 is 2.07 bits per heavy atom. The topological polar surface area (TPSA) is 54.3 Å². The summed E-state index contributed by atoms with van der Waals surface area (Å²) in [5.74, 6) is -0.681. The molecule has 1 aliphatic carbocycles. The van der Waals surface area contributed by atoms with E-state index in [0.717, 1.165) is 35.9 Å². The number of fused-ring (bicyclic) bond motifs is 3. The second-order valence-corrected chi connectivity index (χ2v) is 9.44. The van der Waals surface area contributed by atoms with Gasteiger partial charge in [-0.1, -0.05) is 25.0 Å². The highest BCUT2D eigenvalue weighted by molar-refractivity contribution is 7.16. The third kappa shape index (κ3) is 3.12. The van der Waals surface area contributed by atoms with Gasteiger partial charge in [0.1, 0.15) is 21.9 Å². The van der Waals surface area contributed by atoms with Gasteiger partial charge in [0.2, 0.25) is 5.91 Å². The summed E-state index contributed by atoms with van der Waals surface area (Å²) in [6, 6.07) is 10.3. The summed E-state index contributed by atoms with van der Waals surface area (Å²) in [5, 5.41) is 6.19. The molecule has 0 radical (unpaired) electrons. The summed E-state index contributed by atoms with van der Waals surface area (Å²) in [7, 11) is 0. The van der Waals surface area contributed by atoms with Gasteiger partial charge in [0, 0.05) is 18.0 Å². The molecule has 3 aromatic rings. The molecule has 7 heteroatoms. The molecule has 0 spiro atoms. The van der Waals surface area contributed by atoms with Crippen molar-refractivity contribution in [3.8, 4) is 0 Å². The Bertz CT molecular complexity index is 1130. The quantitative estimate of drug-likeness (QED) is 0.677. The molecule has 2 aliphatic rings. The molecule has 0 saturated heterocycles. The smallest absolute Gasteiger partial charge is 0.271 e. The van der Waals surface area contributed by atoms with Crippen molar-refractivity contribution in [3.05, 3.63) is 58.9 Å². The molecule has 1 N–H and O–H groups in total. The van der Waals surface area contributed by atoms with E-state index in [2.05, 4.69) is 5.32 Å². The van der Waals surface area contributed by atoms with Crippen LogP contribution in [0.2, 0.25) is 0 Å². The van der Waals surface area contributed by atoms with Crippen molar-refractivity contribution in [2.45, 2.75) is 57.3 Å². The van der Waals surface area contributed by atoms with Crippen molar-refractivity contribution in [2.75, 3.05) is 0 Å². The van der Waals surface area contributed by atoms with E-state index in [1.807, 2.05) is 29.0 Å². The molecule has 3 heterocycles. The average molecular weight is 426 g/mol. The number of thiophene rings is 1. The molecule has 30 heavy (non-hydrogen) atoms. The summed E-state index contributed by atoms with van der Waals surface area (Å²) in [5.41, 5.74) is 0.194. The van der Waals surface area contributed by atoms with Gasteiger partial charge in [-0.05, 0) is 55.0 Å². The molecule has 2 amide bonds. The van der Waals surface area contributed by atoms with E-state index in [0.29, 0.717) is 17.8 Å². The Balaban J connectivity index is 1.55. The largest absolute Gasteiger partial charge is 0.351 e. The Hall–Kier alpha value is -2.67. The normalized spacial score (nSPS) is 21.9. The van der Waals surface area contributed by atoms with Crippen LogP contribution in [0.4, 0.5) is 4.39 Å². The number of nitrogens with one attached hydrogen (secondary N) is 1. The minimum Gasteiger partial charge on any atom is -0.351 e. The van der Waals surface area contributed by atoms with Gasteiger partial charge in [-0.25, -0.2) is 4.39 Å². The average Bonchev–Trinajstić information content (AvgIpc) is 3.44. The molecule has 156 valence electrons. The minimum atomic E-state index is -1.06. The van der Waals surface area contributed by atoms with Crippen LogP contribution in [0.1, 0.15) is 48.7 Å². The first-order chi connectivity index (χ1) is 14.5. The Morgan fingerprint density at radius 3 is 2.83 bits per heavy atom. The van der Waals surface area contributed by atoms with Crippen LogP contribution in [-0.4, -0.2) is 32.9 Å². The molecule has 1 aromatic carbocycles. The Morgan fingerprint density at radius 1 is 1.27 bits per heavy atom. The predicted octanol–water partition coefficient (Wildman–Crippen LogP) is 4.32. The number of hydrogen-bond acceptors (Lipinski definition) is 3. The molecular weight excluding hydrogens is 401 g/mol. The molecule has 5 rings (SSSR count). The third-order valence-electron chi connectivity index (χ3n) is 6.44. The van der Waals surface area contributed by atoms with Gasteiger partial charge in [0.05, 0.1) is 6.54 Å². The van der Waals surface area contributed by atoms with Gasteiger partial charge in [0.15, 0.2) is 0 Å². The summed E-state index contributed by atoms with van der Waals surface area (Å²) in [4.78, 5) is 29.7. The number of rotatable bonds is 4. The van der Waals surface area contributed by atoms with E-state index in [-0.39, 0.29) is 30.2 Å². The predicted molar refractivity (Wildman–Crippen MR) is 115 cm³/mol. The van der Waals surface area contributed by atoms with Crippen molar-refractivity contribution in [3.63, 3.8) is 0 Å². The van der Waals surface area contributed by atoms with Gasteiger partial charge in [-0.3, -0.25) is 9.59 Å². The zero-order valence-electron chi connectivity index (χ0n) is 16.9. The van der Waals surface area contributed by atoms with Crippen molar-refractivity contribution in [1.82, 2.24) is 14.8 Å². The van der Waals surface area contributed by atoms with Gasteiger partial charge >= 0.3 is 0 Å². The van der Waals surface area contributed by atoms with Crippen LogP contribution in [0.25, 0.3) is 10.2 Å². The lowest BCUT2D eigenvalue weighted by atomic mass is 9.93. The van der Waals surface area contributed by atoms with Crippen molar-refractivity contribution < 1.29 is 14.0 Å². The first-order valence-corrected chi connectivity index (χ1v) is 11.3. The molecule has 1 saturated carbocycles. The fourth-order valence-electron chi connectivity index (χ4n) is 4.73. The van der Waals surface area contributed by atoms with E-state index in [1.165, 1.54) is 12.1 Å². The van der Waals surface area contributed by atoms with Gasteiger partial charge in [-0.2, -0.15) is 0 Å². The number of nitrogens with zero attached hydrogens (tertiary/aromatic N) is 2. The number of amides is 2. The number of hydrogen-bond donors (Lipinski definition) is 1. The van der Waals surface area contributed by atoms with Crippen LogP contribution >= 0.6 is 11.3 Å². The van der Waals surface area contributed by atoms with E-state index < -0.39 is 5.54 Å². The second kappa shape index (κ2) is 7.23. The third-order valence-corrected chi connectivity index (χ3v) is 7.39. The highest BCUT2D eigenvalue weighted by atomic mass is 32.1. The van der Waals surface area contributed by atoms with Crippen LogP contribution in [-0.2, 0) is 17.9 Å². The van der Waals surface area contributed by atoms with Crippen molar-refractivity contribution in [1.29, 1.82) is 0 Å². The molecule has 1 aliphatic heterocycles. The van der Waals surface area contributed by atoms with Crippen LogP contribution in [0.15, 0.2) is 41.8 Å². The van der Waals surface area contributed by atoms with Crippen LogP contribution in [0.5, 0.6) is 0 Å². The molecule has 0 unspecified atom stereocenters. The first-order valence-electron chi connectivity index (χ1n) is 10.4. The monoisotopic (exact) mass is 425 g/mol. The molecule has 5 nitrogen and oxygen atoms in total. The van der Waals surface area contributed by atoms with E-state index in [9.17, 15) is 14.0 Å². The standard InChI is InChI=1S/C23H24FN3O2S/c1-23(22(29)25-18-7-2-3-8-18)14-26-19(12-16-9-10-30-21(16)26)20(28)27(23)13-15-5-4-6-17(24)11-15/h4-6,9-12,18H,2-3,7-8,13-14H2,1H3,(H,25,29)/t23-/m1/s1. The van der Waals surface area contributed by atoms with Crippen LogP contribution in [0.3, 0.4) is 0 Å². The number of carbonyl (C=O) groups excluding carboxylic acids is 2. The lowest BCUT2D eigenvalue weighted by Crippen LogP contribution is -2.64. The SMILES string of the molecule is C[C@]1(C(=O)NC2CCCC2)Cn2c(cc3ccsc32)C(=O)N1Cc1cccc(F)c1. The fourth-order valence-corrected chi connectivity index (χ4v) is 5.63. The summed E-state index contributed by atoms with van der Waals surface area (Å²) in [6.45, 7) is 2.40. The van der Waals surface area contributed by atoms with E-state index in [4.69, 9.17) is 0 Å². The maximum absolute atomic E-state index is 13.8. The first kappa shape index (κ1) is 19.3. The van der Waals surface area contributed by atoms with Gasteiger partial charge < -0.3 is 14.8 Å². The summed E-state index contributed by atoms with van der Waals surface area (Å²) in [6.07, 6.45) is 4.18. The second-order valence-electron chi connectivity index (χ2n) is 8.55. The number of halogens is 1. The lowest BCUT2D eigenvalue weighted by molar-refractivity contribution is -0.133. The molecule has 1 atom stereocenters. The number of carbonyl (C=O) groups is 2. The van der Waals surface area contributed by atoms with Gasteiger partial charge in [0.25, 0.3) is 5.91 Å². The number of aromatic nitrogens is 1. The van der Waals surface area contributed by atoms with Crippen molar-refractivity contribution in [2.24, 2.45) is 0 Å². The Kier molecular flexibility index (Phi) is 4.65.